The summed E-state index contributed by atoms with van der Waals surface area (Å²) in [6.45, 7) is 6.74. The van der Waals surface area contributed by atoms with Gasteiger partial charge in [-0.25, -0.2) is 0 Å². The molecule has 1 saturated carbocycles. The predicted octanol–water partition coefficient (Wildman–Crippen LogP) is 4.13. The molecular weight excluding hydrogens is 240 g/mol. The van der Waals surface area contributed by atoms with Crippen LogP contribution in [0.1, 0.15) is 52.2 Å². The van der Waals surface area contributed by atoms with Gasteiger partial charge in [0, 0.05) is 6.42 Å². The summed E-state index contributed by atoms with van der Waals surface area (Å²) in [5.74, 6) is 0.740. The van der Waals surface area contributed by atoms with E-state index < -0.39 is 11.4 Å². The number of hydrogen-bond donors (Lipinski definition) is 1. The maximum absolute atomic E-state index is 11.7. The normalized spacial score (nSPS) is 28.3. The highest BCUT2D eigenvalue weighted by Gasteiger charge is 2.44. The van der Waals surface area contributed by atoms with Gasteiger partial charge in [-0.05, 0) is 49.1 Å². The number of rotatable bonds is 3. The number of carbonyl (C=O) groups is 1. The van der Waals surface area contributed by atoms with E-state index in [1.807, 2.05) is 12.1 Å². The smallest absolute Gasteiger partial charge is 0.310 e. The van der Waals surface area contributed by atoms with Gasteiger partial charge in [0.15, 0.2) is 0 Å². The molecule has 0 bridgehead atoms. The van der Waals surface area contributed by atoms with Crippen LogP contribution in [0.3, 0.4) is 0 Å². The Morgan fingerprint density at radius 2 is 2.05 bits per heavy atom. The molecule has 0 saturated heterocycles. The number of aliphatic carboxylic acids is 1. The van der Waals surface area contributed by atoms with Crippen LogP contribution in [0.5, 0.6) is 0 Å². The molecule has 3 heteroatoms. The van der Waals surface area contributed by atoms with E-state index in [9.17, 15) is 9.90 Å². The lowest BCUT2D eigenvalue weighted by atomic mass is 9.63. The average Bonchev–Trinajstić information content (AvgIpc) is 2.81. The molecule has 1 N–H and O–H groups in total. The highest BCUT2D eigenvalue weighted by Crippen LogP contribution is 2.47. The second-order valence-electron chi connectivity index (χ2n) is 6.98. The fourth-order valence-corrected chi connectivity index (χ4v) is 3.25. The van der Waals surface area contributed by atoms with Gasteiger partial charge in [0.1, 0.15) is 5.76 Å². The first-order chi connectivity index (χ1) is 8.83. The van der Waals surface area contributed by atoms with Crippen LogP contribution in [0.4, 0.5) is 0 Å². The van der Waals surface area contributed by atoms with Crippen LogP contribution in [0, 0.1) is 16.7 Å². The largest absolute Gasteiger partial charge is 0.481 e. The average molecular weight is 264 g/mol. The molecule has 0 aromatic carbocycles. The Morgan fingerprint density at radius 3 is 2.47 bits per heavy atom. The van der Waals surface area contributed by atoms with Crippen molar-refractivity contribution in [1.82, 2.24) is 0 Å². The topological polar surface area (TPSA) is 50.4 Å². The molecule has 106 valence electrons. The summed E-state index contributed by atoms with van der Waals surface area (Å²) in [6.07, 6.45) is 5.64. The first-order valence-electron chi connectivity index (χ1n) is 7.09. The molecule has 0 amide bonds. The highest BCUT2D eigenvalue weighted by atomic mass is 16.4. The summed E-state index contributed by atoms with van der Waals surface area (Å²) in [7, 11) is 0. The molecule has 0 radical (unpaired) electrons. The van der Waals surface area contributed by atoms with Crippen LogP contribution < -0.4 is 0 Å². The van der Waals surface area contributed by atoms with Gasteiger partial charge in [0.2, 0.25) is 0 Å². The molecule has 0 atom stereocenters. The fraction of sp³-hybridized carbons (Fsp3) is 0.688. The number of hydrogen-bond acceptors (Lipinski definition) is 2. The third kappa shape index (κ3) is 3.02. The summed E-state index contributed by atoms with van der Waals surface area (Å²) in [5, 5.41) is 9.63. The molecule has 2 rings (SSSR count). The summed E-state index contributed by atoms with van der Waals surface area (Å²) < 4.78 is 5.34. The third-order valence-electron chi connectivity index (χ3n) is 4.71. The minimum Gasteiger partial charge on any atom is -0.481 e. The van der Waals surface area contributed by atoms with Gasteiger partial charge >= 0.3 is 5.97 Å². The third-order valence-corrected chi connectivity index (χ3v) is 4.71. The molecule has 1 fully saturated rings. The highest BCUT2D eigenvalue weighted by molar-refractivity contribution is 5.75. The molecule has 3 nitrogen and oxygen atoms in total. The predicted molar refractivity (Wildman–Crippen MR) is 73.9 cm³/mol. The molecule has 1 heterocycles. The zero-order valence-electron chi connectivity index (χ0n) is 12.1. The van der Waals surface area contributed by atoms with Crippen LogP contribution in [0.2, 0.25) is 0 Å². The zero-order chi connectivity index (χ0) is 14.1. The Balaban J connectivity index is 2.09. The first kappa shape index (κ1) is 14.2. The summed E-state index contributed by atoms with van der Waals surface area (Å²) in [4.78, 5) is 11.7. The van der Waals surface area contributed by atoms with Crippen molar-refractivity contribution in [2.24, 2.45) is 16.7 Å². The van der Waals surface area contributed by atoms with Crippen LogP contribution in [0.15, 0.2) is 22.8 Å². The standard InChI is InChI=1S/C16H24O3/c1-15(2,3)12-6-8-16(9-7-12,14(17)18)11-13-5-4-10-19-13/h4-5,10,12H,6-9,11H2,1-3H3,(H,17,18). The first-order valence-corrected chi connectivity index (χ1v) is 7.09. The quantitative estimate of drug-likeness (QED) is 0.893. The Kier molecular flexibility index (Phi) is 3.75. The molecule has 1 aromatic heterocycles. The summed E-state index contributed by atoms with van der Waals surface area (Å²) in [5.41, 5.74) is -0.352. The van der Waals surface area contributed by atoms with E-state index >= 15 is 0 Å². The van der Waals surface area contributed by atoms with Gasteiger partial charge in [0.25, 0.3) is 0 Å². The molecule has 0 aliphatic heterocycles. The Hall–Kier alpha value is -1.25. The van der Waals surface area contributed by atoms with Gasteiger partial charge in [-0.3, -0.25) is 4.79 Å². The zero-order valence-corrected chi connectivity index (χ0v) is 12.1. The van der Waals surface area contributed by atoms with E-state index in [4.69, 9.17) is 4.42 Å². The van der Waals surface area contributed by atoms with E-state index in [0.717, 1.165) is 31.4 Å². The van der Waals surface area contributed by atoms with Crippen molar-refractivity contribution in [1.29, 1.82) is 0 Å². The van der Waals surface area contributed by atoms with Crippen molar-refractivity contribution >= 4 is 5.97 Å². The van der Waals surface area contributed by atoms with E-state index in [1.165, 1.54) is 0 Å². The molecule has 0 unspecified atom stereocenters. The number of furan rings is 1. The minimum absolute atomic E-state index is 0.273. The second kappa shape index (κ2) is 5.03. The van der Waals surface area contributed by atoms with Gasteiger partial charge in [0.05, 0.1) is 11.7 Å². The molecule has 0 spiro atoms. The van der Waals surface area contributed by atoms with Crippen LogP contribution in [0.25, 0.3) is 0 Å². The van der Waals surface area contributed by atoms with Crippen LogP contribution in [-0.4, -0.2) is 11.1 Å². The van der Waals surface area contributed by atoms with Gasteiger partial charge in [-0.2, -0.15) is 0 Å². The van der Waals surface area contributed by atoms with E-state index in [1.54, 1.807) is 6.26 Å². The Bertz CT molecular complexity index is 417. The number of carboxylic acids is 1. The van der Waals surface area contributed by atoms with E-state index in [2.05, 4.69) is 20.8 Å². The summed E-state index contributed by atoms with van der Waals surface area (Å²) >= 11 is 0. The molecule has 1 aromatic rings. The number of carboxylic acid groups (broad SMARTS) is 1. The Morgan fingerprint density at radius 1 is 1.42 bits per heavy atom. The summed E-state index contributed by atoms with van der Waals surface area (Å²) in [6, 6.07) is 3.70. The monoisotopic (exact) mass is 264 g/mol. The van der Waals surface area contributed by atoms with Crippen molar-refractivity contribution in [3.05, 3.63) is 24.2 Å². The van der Waals surface area contributed by atoms with Gasteiger partial charge in [-0.1, -0.05) is 20.8 Å². The van der Waals surface area contributed by atoms with E-state index in [0.29, 0.717) is 12.3 Å². The van der Waals surface area contributed by atoms with Crippen molar-refractivity contribution in [3.8, 4) is 0 Å². The minimum atomic E-state index is -0.670. The van der Waals surface area contributed by atoms with Crippen molar-refractivity contribution in [2.45, 2.75) is 52.9 Å². The molecule has 1 aliphatic rings. The van der Waals surface area contributed by atoms with Gasteiger partial charge in [-0.15, -0.1) is 0 Å². The van der Waals surface area contributed by atoms with Crippen LogP contribution >= 0.6 is 0 Å². The second-order valence-corrected chi connectivity index (χ2v) is 6.98. The molecule has 19 heavy (non-hydrogen) atoms. The fourth-order valence-electron chi connectivity index (χ4n) is 3.25. The van der Waals surface area contributed by atoms with Crippen molar-refractivity contribution in [3.63, 3.8) is 0 Å². The lowest BCUT2D eigenvalue weighted by Gasteiger charge is -2.41. The maximum Gasteiger partial charge on any atom is 0.310 e. The lowest BCUT2D eigenvalue weighted by Crippen LogP contribution is -2.39. The van der Waals surface area contributed by atoms with E-state index in [-0.39, 0.29) is 5.41 Å². The maximum atomic E-state index is 11.7. The molecular formula is C16H24O3. The van der Waals surface area contributed by atoms with Crippen molar-refractivity contribution < 1.29 is 14.3 Å². The van der Waals surface area contributed by atoms with Crippen molar-refractivity contribution in [2.75, 3.05) is 0 Å². The van der Waals surface area contributed by atoms with Gasteiger partial charge < -0.3 is 9.52 Å². The Labute approximate surface area is 115 Å². The SMILES string of the molecule is CC(C)(C)C1CCC(Cc2ccco2)(C(=O)O)CC1. The lowest BCUT2D eigenvalue weighted by molar-refractivity contribution is -0.152. The molecule has 1 aliphatic carbocycles. The van der Waals surface area contributed by atoms with Crippen LogP contribution in [-0.2, 0) is 11.2 Å².